The first-order valence-electron chi connectivity index (χ1n) is 8.75. The third kappa shape index (κ3) is 4.74. The Morgan fingerprint density at radius 2 is 1.83 bits per heavy atom. The molecule has 6 heteroatoms. The van der Waals surface area contributed by atoms with Crippen LogP contribution in [0.3, 0.4) is 0 Å². The molecule has 0 saturated carbocycles. The first-order valence-corrected chi connectivity index (χ1v) is 8.75. The van der Waals surface area contributed by atoms with Gasteiger partial charge in [-0.1, -0.05) is 25.0 Å². The van der Waals surface area contributed by atoms with Crippen LogP contribution in [-0.4, -0.2) is 42.4 Å². The third-order valence-electron chi connectivity index (χ3n) is 4.75. The monoisotopic (exact) mass is 337 g/mol. The lowest BCUT2D eigenvalue weighted by Gasteiger charge is -2.20. The van der Waals surface area contributed by atoms with E-state index in [1.165, 1.54) is 31.2 Å². The van der Waals surface area contributed by atoms with Crippen molar-refractivity contribution in [1.29, 1.82) is 0 Å². The van der Waals surface area contributed by atoms with Crippen molar-refractivity contribution < 1.29 is 13.6 Å². The molecule has 1 unspecified atom stereocenters. The maximum atomic E-state index is 13.2. The van der Waals surface area contributed by atoms with Crippen LogP contribution in [0, 0.1) is 0 Å². The van der Waals surface area contributed by atoms with Crippen molar-refractivity contribution in [2.45, 2.75) is 50.6 Å². The zero-order valence-electron chi connectivity index (χ0n) is 13.9. The van der Waals surface area contributed by atoms with Gasteiger partial charge >= 0.3 is 0 Å². The second-order valence-corrected chi connectivity index (χ2v) is 6.87. The number of alkyl halides is 2. The Morgan fingerprint density at radius 3 is 2.42 bits per heavy atom. The fraction of sp³-hybridized carbons (Fsp3) is 0.611. The molecule has 0 spiro atoms. The summed E-state index contributed by atoms with van der Waals surface area (Å²) in [6.07, 6.45) is 4.71. The maximum Gasteiger partial charge on any atom is 0.262 e. The summed E-state index contributed by atoms with van der Waals surface area (Å²) >= 11 is 0. The molecule has 1 aromatic rings. The molecule has 0 aliphatic carbocycles. The minimum atomic E-state index is -2.79. The molecular weight excluding hydrogens is 312 g/mol. The summed E-state index contributed by atoms with van der Waals surface area (Å²) in [5, 5.41) is 5.28. The second kappa shape index (κ2) is 7.57. The molecule has 2 aliphatic rings. The Labute approximate surface area is 141 Å². The number of nitrogens with one attached hydrogen (secondary N) is 2. The van der Waals surface area contributed by atoms with Crippen LogP contribution in [0.1, 0.15) is 37.7 Å². The number of anilines is 1. The van der Waals surface area contributed by atoms with Crippen molar-refractivity contribution in [3.8, 4) is 0 Å². The van der Waals surface area contributed by atoms with Gasteiger partial charge in [0, 0.05) is 18.7 Å². The van der Waals surface area contributed by atoms with Crippen molar-refractivity contribution in [1.82, 2.24) is 10.2 Å². The predicted molar refractivity (Wildman–Crippen MR) is 90.2 cm³/mol. The molecule has 0 aromatic heterocycles. The molecule has 2 N–H and O–H groups in total. The molecular formula is C18H25F2N3O. The summed E-state index contributed by atoms with van der Waals surface area (Å²) in [5.74, 6) is -3.19. The molecule has 1 aromatic carbocycles. The van der Waals surface area contributed by atoms with E-state index in [0.717, 1.165) is 19.6 Å². The number of nitrogens with zero attached hydrogens (tertiary/aromatic N) is 1. The molecule has 2 aliphatic heterocycles. The number of hydrogen-bond donors (Lipinski definition) is 2. The number of carbonyl (C=O) groups excluding carboxylic acids is 1. The van der Waals surface area contributed by atoms with E-state index in [-0.39, 0.29) is 0 Å². The zero-order valence-corrected chi connectivity index (χ0v) is 13.9. The molecule has 2 heterocycles. The van der Waals surface area contributed by atoms with Crippen molar-refractivity contribution in [3.05, 3.63) is 29.8 Å². The Morgan fingerprint density at radius 1 is 1.17 bits per heavy atom. The van der Waals surface area contributed by atoms with Crippen molar-refractivity contribution >= 4 is 11.6 Å². The zero-order chi connectivity index (χ0) is 17.0. The van der Waals surface area contributed by atoms with E-state index in [4.69, 9.17) is 0 Å². The Hall–Kier alpha value is -1.53. The summed E-state index contributed by atoms with van der Waals surface area (Å²) < 4.78 is 26.3. The van der Waals surface area contributed by atoms with Gasteiger partial charge in [-0.25, -0.2) is 8.78 Å². The van der Waals surface area contributed by atoms with Crippen LogP contribution in [0.25, 0.3) is 0 Å². The molecule has 3 rings (SSSR count). The average Bonchev–Trinajstić information content (AvgIpc) is 2.75. The van der Waals surface area contributed by atoms with Gasteiger partial charge in [0.15, 0.2) is 0 Å². The predicted octanol–water partition coefficient (Wildman–Crippen LogP) is 3.00. The van der Waals surface area contributed by atoms with Crippen molar-refractivity contribution in [2.24, 2.45) is 0 Å². The number of halogens is 2. The van der Waals surface area contributed by atoms with Crippen LogP contribution in [0.2, 0.25) is 0 Å². The van der Waals surface area contributed by atoms with E-state index in [1.807, 2.05) is 24.3 Å². The number of likely N-dealkylation sites (tertiary alicyclic amines) is 1. The molecule has 24 heavy (non-hydrogen) atoms. The standard InChI is InChI=1S/C18H25F2N3O/c19-18(20)11-16(21-13-18)17(24)22-15-7-5-14(6-8-15)12-23-9-3-1-2-4-10-23/h5-8,16,21H,1-4,9-13H2,(H,22,24). The molecule has 0 bridgehead atoms. The normalized spacial score (nSPS) is 24.5. The van der Waals surface area contributed by atoms with Gasteiger partial charge in [-0.2, -0.15) is 0 Å². The Balaban J connectivity index is 1.51. The summed E-state index contributed by atoms with van der Waals surface area (Å²) in [4.78, 5) is 14.5. The van der Waals surface area contributed by atoms with E-state index in [9.17, 15) is 13.6 Å². The molecule has 2 saturated heterocycles. The van der Waals surface area contributed by atoms with Gasteiger partial charge in [0.05, 0.1) is 12.6 Å². The number of amides is 1. The van der Waals surface area contributed by atoms with Gasteiger partial charge in [-0.05, 0) is 43.6 Å². The summed E-state index contributed by atoms with van der Waals surface area (Å²) in [6.45, 7) is 2.77. The first-order chi connectivity index (χ1) is 11.5. The highest BCUT2D eigenvalue weighted by Crippen LogP contribution is 2.25. The number of hydrogen-bond acceptors (Lipinski definition) is 3. The van der Waals surface area contributed by atoms with E-state index >= 15 is 0 Å². The molecule has 4 nitrogen and oxygen atoms in total. The molecule has 132 valence electrons. The smallest absolute Gasteiger partial charge is 0.262 e. The third-order valence-corrected chi connectivity index (χ3v) is 4.75. The second-order valence-electron chi connectivity index (χ2n) is 6.87. The molecule has 2 fully saturated rings. The van der Waals surface area contributed by atoms with Crippen molar-refractivity contribution in [3.63, 3.8) is 0 Å². The number of rotatable bonds is 4. The fourth-order valence-corrected chi connectivity index (χ4v) is 3.38. The highest BCUT2D eigenvalue weighted by Gasteiger charge is 2.42. The highest BCUT2D eigenvalue weighted by molar-refractivity contribution is 5.95. The minimum Gasteiger partial charge on any atom is -0.325 e. The Kier molecular flexibility index (Phi) is 5.46. The van der Waals surface area contributed by atoms with E-state index in [2.05, 4.69) is 15.5 Å². The fourth-order valence-electron chi connectivity index (χ4n) is 3.38. The van der Waals surface area contributed by atoms with Gasteiger partial charge < -0.3 is 5.32 Å². The molecule has 1 amide bonds. The average molecular weight is 337 g/mol. The van der Waals surface area contributed by atoms with Crippen LogP contribution in [-0.2, 0) is 11.3 Å². The molecule has 1 atom stereocenters. The summed E-state index contributed by atoms with van der Waals surface area (Å²) in [5.41, 5.74) is 1.86. The van der Waals surface area contributed by atoms with Gasteiger partial charge in [0.1, 0.15) is 0 Å². The Bertz CT molecular complexity index is 554. The summed E-state index contributed by atoms with van der Waals surface area (Å²) in [6, 6.07) is 6.86. The first kappa shape index (κ1) is 17.3. The van der Waals surface area contributed by atoms with Gasteiger partial charge in [-0.15, -0.1) is 0 Å². The maximum absolute atomic E-state index is 13.2. The largest absolute Gasteiger partial charge is 0.325 e. The number of benzene rings is 1. The van der Waals surface area contributed by atoms with E-state index < -0.39 is 30.8 Å². The topological polar surface area (TPSA) is 44.4 Å². The van der Waals surface area contributed by atoms with E-state index in [1.54, 1.807) is 0 Å². The van der Waals surface area contributed by atoms with Gasteiger partial charge in [-0.3, -0.25) is 15.0 Å². The highest BCUT2D eigenvalue weighted by atomic mass is 19.3. The lowest BCUT2D eigenvalue weighted by atomic mass is 10.1. The summed E-state index contributed by atoms with van der Waals surface area (Å²) in [7, 11) is 0. The van der Waals surface area contributed by atoms with Crippen LogP contribution < -0.4 is 10.6 Å². The van der Waals surface area contributed by atoms with E-state index in [0.29, 0.717) is 5.69 Å². The minimum absolute atomic E-state index is 0.396. The quantitative estimate of drug-likeness (QED) is 0.888. The van der Waals surface area contributed by atoms with Crippen molar-refractivity contribution in [2.75, 3.05) is 25.0 Å². The van der Waals surface area contributed by atoms with Crippen LogP contribution >= 0.6 is 0 Å². The van der Waals surface area contributed by atoms with Gasteiger partial charge in [0.25, 0.3) is 5.92 Å². The van der Waals surface area contributed by atoms with Crippen LogP contribution in [0.15, 0.2) is 24.3 Å². The molecule has 0 radical (unpaired) electrons. The lowest BCUT2D eigenvalue weighted by molar-refractivity contribution is -0.118. The van der Waals surface area contributed by atoms with Gasteiger partial charge in [0.2, 0.25) is 5.91 Å². The SMILES string of the molecule is O=C(Nc1ccc(CN2CCCCCC2)cc1)C1CC(F)(F)CN1. The van der Waals surface area contributed by atoms with Crippen LogP contribution in [0.4, 0.5) is 14.5 Å². The number of carbonyl (C=O) groups is 1. The van der Waals surface area contributed by atoms with Crippen LogP contribution in [0.5, 0.6) is 0 Å². The lowest BCUT2D eigenvalue weighted by Crippen LogP contribution is -2.35.